The van der Waals surface area contributed by atoms with E-state index in [4.69, 9.17) is 11.6 Å². The second kappa shape index (κ2) is 7.37. The first-order valence-electron chi connectivity index (χ1n) is 6.42. The van der Waals surface area contributed by atoms with Gasteiger partial charge in [-0.05, 0) is 30.3 Å². The van der Waals surface area contributed by atoms with Crippen molar-refractivity contribution in [2.24, 2.45) is 0 Å². The number of halogens is 1. The standard InChI is InChI=1S/C15H12ClN3O4/c1-23-14(21)9-4-2-5-10(8-9)18-15(22)19-13(20)11-6-3-7-17-12(11)16/h2-8H,1H3,(H2,18,19,20,22). The number of nitrogens with one attached hydrogen (secondary N) is 2. The minimum absolute atomic E-state index is 0.00881. The summed E-state index contributed by atoms with van der Waals surface area (Å²) in [4.78, 5) is 38.9. The first-order valence-corrected chi connectivity index (χ1v) is 6.80. The van der Waals surface area contributed by atoms with E-state index in [0.717, 1.165) is 0 Å². The highest BCUT2D eigenvalue weighted by molar-refractivity contribution is 6.33. The topological polar surface area (TPSA) is 97.4 Å². The molecule has 2 aromatic rings. The van der Waals surface area contributed by atoms with E-state index in [9.17, 15) is 14.4 Å². The summed E-state index contributed by atoms with van der Waals surface area (Å²) in [6.07, 6.45) is 1.43. The van der Waals surface area contributed by atoms with Gasteiger partial charge in [-0.3, -0.25) is 10.1 Å². The van der Waals surface area contributed by atoms with E-state index < -0.39 is 17.9 Å². The number of nitrogens with zero attached hydrogens (tertiary/aromatic N) is 1. The Kier molecular flexibility index (Phi) is 5.27. The first-order chi connectivity index (χ1) is 11.0. The zero-order valence-electron chi connectivity index (χ0n) is 12.0. The van der Waals surface area contributed by atoms with Crippen molar-refractivity contribution in [1.29, 1.82) is 0 Å². The quantitative estimate of drug-likeness (QED) is 0.664. The number of amides is 3. The lowest BCUT2D eigenvalue weighted by molar-refractivity contribution is 0.0600. The Morgan fingerprint density at radius 3 is 2.65 bits per heavy atom. The number of carbonyl (C=O) groups excluding carboxylic acids is 3. The number of ether oxygens (including phenoxy) is 1. The van der Waals surface area contributed by atoms with E-state index in [0.29, 0.717) is 5.69 Å². The van der Waals surface area contributed by atoms with Crippen molar-refractivity contribution < 1.29 is 19.1 Å². The molecule has 3 amide bonds. The van der Waals surface area contributed by atoms with Crippen LogP contribution in [0.5, 0.6) is 0 Å². The smallest absolute Gasteiger partial charge is 0.337 e. The lowest BCUT2D eigenvalue weighted by Gasteiger charge is -2.08. The molecule has 23 heavy (non-hydrogen) atoms. The van der Waals surface area contributed by atoms with Crippen LogP contribution in [0.2, 0.25) is 5.15 Å². The van der Waals surface area contributed by atoms with Gasteiger partial charge in [0.2, 0.25) is 0 Å². The SMILES string of the molecule is COC(=O)c1cccc(NC(=O)NC(=O)c2cccnc2Cl)c1. The molecule has 0 bridgehead atoms. The van der Waals surface area contributed by atoms with Crippen LogP contribution in [0.3, 0.4) is 0 Å². The summed E-state index contributed by atoms with van der Waals surface area (Å²) in [6.45, 7) is 0. The molecular weight excluding hydrogens is 322 g/mol. The Hall–Kier alpha value is -2.93. The van der Waals surface area contributed by atoms with Gasteiger partial charge in [0, 0.05) is 11.9 Å². The second-order valence-electron chi connectivity index (χ2n) is 4.32. The van der Waals surface area contributed by atoms with Crippen molar-refractivity contribution in [1.82, 2.24) is 10.3 Å². The van der Waals surface area contributed by atoms with E-state index in [-0.39, 0.29) is 16.3 Å². The Labute approximate surface area is 136 Å². The largest absolute Gasteiger partial charge is 0.465 e. The maximum atomic E-state index is 11.9. The molecule has 1 heterocycles. The van der Waals surface area contributed by atoms with Gasteiger partial charge in [-0.1, -0.05) is 17.7 Å². The van der Waals surface area contributed by atoms with Gasteiger partial charge >= 0.3 is 12.0 Å². The number of rotatable bonds is 3. The number of hydrogen-bond donors (Lipinski definition) is 2. The third kappa shape index (κ3) is 4.27. The van der Waals surface area contributed by atoms with Gasteiger partial charge in [-0.25, -0.2) is 14.6 Å². The van der Waals surface area contributed by atoms with Crippen molar-refractivity contribution in [2.45, 2.75) is 0 Å². The number of pyridine rings is 1. The van der Waals surface area contributed by atoms with Gasteiger partial charge in [0.1, 0.15) is 5.15 Å². The van der Waals surface area contributed by atoms with Crippen LogP contribution >= 0.6 is 11.6 Å². The molecule has 0 aliphatic carbocycles. The van der Waals surface area contributed by atoms with E-state index in [1.54, 1.807) is 12.1 Å². The summed E-state index contributed by atoms with van der Waals surface area (Å²) in [5.74, 6) is -1.23. The third-order valence-electron chi connectivity index (χ3n) is 2.77. The number of urea groups is 1. The Morgan fingerprint density at radius 2 is 1.96 bits per heavy atom. The molecule has 0 unspecified atom stereocenters. The maximum absolute atomic E-state index is 11.9. The maximum Gasteiger partial charge on any atom is 0.337 e. The second-order valence-corrected chi connectivity index (χ2v) is 4.68. The van der Waals surface area contributed by atoms with Crippen LogP contribution in [-0.2, 0) is 4.74 Å². The molecule has 1 aromatic carbocycles. The van der Waals surface area contributed by atoms with Crippen LogP contribution in [0.4, 0.5) is 10.5 Å². The summed E-state index contributed by atoms with van der Waals surface area (Å²) < 4.78 is 4.59. The molecule has 7 nitrogen and oxygen atoms in total. The van der Waals surface area contributed by atoms with Gasteiger partial charge in [-0.15, -0.1) is 0 Å². The highest BCUT2D eigenvalue weighted by atomic mass is 35.5. The molecule has 118 valence electrons. The number of esters is 1. The minimum atomic E-state index is -0.767. The molecule has 0 radical (unpaired) electrons. The summed E-state index contributed by atoms with van der Waals surface area (Å²) in [7, 11) is 1.26. The number of imide groups is 1. The van der Waals surface area contributed by atoms with Crippen LogP contribution < -0.4 is 10.6 Å². The number of carbonyl (C=O) groups is 3. The van der Waals surface area contributed by atoms with Crippen LogP contribution in [0.25, 0.3) is 0 Å². The fraction of sp³-hybridized carbons (Fsp3) is 0.0667. The van der Waals surface area contributed by atoms with Crippen LogP contribution in [0.15, 0.2) is 42.6 Å². The monoisotopic (exact) mass is 333 g/mol. The Balaban J connectivity index is 2.04. The zero-order chi connectivity index (χ0) is 16.8. The van der Waals surface area contributed by atoms with E-state index >= 15 is 0 Å². The lowest BCUT2D eigenvalue weighted by atomic mass is 10.2. The third-order valence-corrected chi connectivity index (χ3v) is 3.07. The molecular formula is C15H12ClN3O4. The summed E-state index contributed by atoms with van der Waals surface area (Å²) >= 11 is 5.78. The molecule has 0 aliphatic heterocycles. The van der Waals surface area contributed by atoms with Gasteiger partial charge in [0.15, 0.2) is 0 Å². The van der Waals surface area contributed by atoms with E-state index in [1.807, 2.05) is 0 Å². The number of aromatic nitrogens is 1. The van der Waals surface area contributed by atoms with Crippen molar-refractivity contribution in [3.63, 3.8) is 0 Å². The molecule has 0 saturated heterocycles. The fourth-order valence-electron chi connectivity index (χ4n) is 1.73. The zero-order valence-corrected chi connectivity index (χ0v) is 12.8. The molecule has 2 N–H and O–H groups in total. The number of methoxy groups -OCH3 is 1. The first kappa shape index (κ1) is 16.4. The molecule has 0 aliphatic rings. The summed E-state index contributed by atoms with van der Waals surface area (Å²) in [6, 6.07) is 8.29. The molecule has 0 atom stereocenters. The summed E-state index contributed by atoms with van der Waals surface area (Å²) in [5.41, 5.74) is 0.676. The van der Waals surface area contributed by atoms with Crippen LogP contribution in [-0.4, -0.2) is 30.0 Å². The Morgan fingerprint density at radius 1 is 1.17 bits per heavy atom. The van der Waals surface area contributed by atoms with Crippen molar-refractivity contribution in [3.8, 4) is 0 Å². The number of benzene rings is 1. The van der Waals surface area contributed by atoms with Crippen LogP contribution in [0.1, 0.15) is 20.7 Å². The molecule has 0 fully saturated rings. The van der Waals surface area contributed by atoms with Gasteiger partial charge in [-0.2, -0.15) is 0 Å². The van der Waals surface area contributed by atoms with E-state index in [1.165, 1.54) is 37.6 Å². The highest BCUT2D eigenvalue weighted by Gasteiger charge is 2.14. The molecule has 0 spiro atoms. The van der Waals surface area contributed by atoms with Crippen molar-refractivity contribution in [3.05, 3.63) is 58.9 Å². The number of hydrogen-bond acceptors (Lipinski definition) is 5. The average molecular weight is 334 g/mol. The highest BCUT2D eigenvalue weighted by Crippen LogP contribution is 2.13. The fourth-order valence-corrected chi connectivity index (χ4v) is 1.94. The number of anilines is 1. The Bertz CT molecular complexity index is 764. The molecule has 0 saturated carbocycles. The van der Waals surface area contributed by atoms with Crippen molar-refractivity contribution >= 4 is 35.2 Å². The predicted octanol–water partition coefficient (Wildman–Crippen LogP) is 2.48. The minimum Gasteiger partial charge on any atom is -0.465 e. The average Bonchev–Trinajstić information content (AvgIpc) is 2.54. The van der Waals surface area contributed by atoms with Gasteiger partial charge in [0.25, 0.3) is 5.91 Å². The van der Waals surface area contributed by atoms with Crippen molar-refractivity contribution in [2.75, 3.05) is 12.4 Å². The van der Waals surface area contributed by atoms with Gasteiger partial charge < -0.3 is 10.1 Å². The molecule has 1 aromatic heterocycles. The van der Waals surface area contributed by atoms with Crippen LogP contribution in [0, 0.1) is 0 Å². The summed E-state index contributed by atoms with van der Waals surface area (Å²) in [5, 5.41) is 4.55. The molecule has 2 rings (SSSR count). The molecule has 8 heteroatoms. The normalized spacial score (nSPS) is 9.83. The van der Waals surface area contributed by atoms with E-state index in [2.05, 4.69) is 20.4 Å². The lowest BCUT2D eigenvalue weighted by Crippen LogP contribution is -2.34. The predicted molar refractivity (Wildman–Crippen MR) is 83.5 cm³/mol. The van der Waals surface area contributed by atoms with Gasteiger partial charge in [0.05, 0.1) is 18.2 Å².